The molecule has 0 aliphatic heterocycles. The van der Waals surface area contributed by atoms with Crippen LogP contribution in [0.15, 0.2) is 6.20 Å². The van der Waals surface area contributed by atoms with E-state index in [0.29, 0.717) is 11.6 Å². The first-order chi connectivity index (χ1) is 9.93. The molecule has 0 aliphatic rings. The van der Waals surface area contributed by atoms with Gasteiger partial charge in [0.25, 0.3) is 5.91 Å². The summed E-state index contributed by atoms with van der Waals surface area (Å²) in [6, 6.07) is 0. The largest absolute Gasteiger partial charge is 0.303 e. The van der Waals surface area contributed by atoms with Crippen LogP contribution >= 0.6 is 11.6 Å². The van der Waals surface area contributed by atoms with Gasteiger partial charge in [0.1, 0.15) is 5.82 Å². The summed E-state index contributed by atoms with van der Waals surface area (Å²) in [5.74, 6) is 0.810. The quantitative estimate of drug-likeness (QED) is 0.909. The number of anilines is 1. The van der Waals surface area contributed by atoms with Crippen molar-refractivity contribution in [2.75, 3.05) is 5.32 Å². The molecule has 0 spiro atoms. The van der Waals surface area contributed by atoms with Crippen LogP contribution in [0.2, 0.25) is 5.02 Å². The monoisotopic (exact) mass is 307 g/mol. The fraction of sp³-hybridized carbons (Fsp3) is 0.429. The highest BCUT2D eigenvalue weighted by molar-refractivity contribution is 6.33. The Labute approximate surface area is 128 Å². The number of rotatable bonds is 4. The van der Waals surface area contributed by atoms with E-state index in [0.717, 1.165) is 17.7 Å². The van der Waals surface area contributed by atoms with E-state index in [-0.39, 0.29) is 22.5 Å². The molecule has 2 heterocycles. The minimum absolute atomic E-state index is 0.118. The molecule has 0 unspecified atom stereocenters. The van der Waals surface area contributed by atoms with Gasteiger partial charge < -0.3 is 5.32 Å². The number of halogens is 1. The summed E-state index contributed by atoms with van der Waals surface area (Å²) >= 11 is 6.02. The SMILES string of the molecule is CCc1[nH]nc(NC(=O)c2nc(C(C)C)ncc2Cl)c1C. The Balaban J connectivity index is 2.27. The van der Waals surface area contributed by atoms with Gasteiger partial charge in [-0.2, -0.15) is 5.10 Å². The highest BCUT2D eigenvalue weighted by Gasteiger charge is 2.18. The van der Waals surface area contributed by atoms with Gasteiger partial charge in [-0.25, -0.2) is 9.97 Å². The maximum absolute atomic E-state index is 12.3. The van der Waals surface area contributed by atoms with Crippen molar-refractivity contribution in [1.82, 2.24) is 20.2 Å². The van der Waals surface area contributed by atoms with E-state index in [1.807, 2.05) is 27.7 Å². The number of nitrogens with one attached hydrogen (secondary N) is 2. The third-order valence-electron chi connectivity index (χ3n) is 3.19. The first kappa shape index (κ1) is 15.4. The normalized spacial score (nSPS) is 11.0. The summed E-state index contributed by atoms with van der Waals surface area (Å²) < 4.78 is 0. The number of carbonyl (C=O) groups excluding carboxylic acids is 1. The van der Waals surface area contributed by atoms with Crippen LogP contribution in [-0.2, 0) is 6.42 Å². The van der Waals surface area contributed by atoms with Crippen LogP contribution in [0.25, 0.3) is 0 Å². The van der Waals surface area contributed by atoms with Crippen molar-refractivity contribution in [3.63, 3.8) is 0 Å². The van der Waals surface area contributed by atoms with Crippen LogP contribution in [0.4, 0.5) is 5.82 Å². The lowest BCUT2D eigenvalue weighted by Gasteiger charge is -2.08. The molecule has 0 bridgehead atoms. The molecule has 2 aromatic rings. The van der Waals surface area contributed by atoms with Crippen molar-refractivity contribution in [2.24, 2.45) is 0 Å². The summed E-state index contributed by atoms with van der Waals surface area (Å²) in [4.78, 5) is 20.7. The Morgan fingerprint density at radius 3 is 2.76 bits per heavy atom. The third kappa shape index (κ3) is 3.21. The zero-order valence-electron chi connectivity index (χ0n) is 12.5. The first-order valence-corrected chi connectivity index (χ1v) is 7.19. The Morgan fingerprint density at radius 1 is 1.48 bits per heavy atom. The first-order valence-electron chi connectivity index (χ1n) is 6.81. The van der Waals surface area contributed by atoms with E-state index >= 15 is 0 Å². The Hall–Kier alpha value is -1.95. The molecule has 112 valence electrons. The minimum atomic E-state index is -0.387. The maximum Gasteiger partial charge on any atom is 0.277 e. The summed E-state index contributed by atoms with van der Waals surface area (Å²) in [6.07, 6.45) is 2.27. The predicted molar refractivity (Wildman–Crippen MR) is 81.8 cm³/mol. The molecule has 2 N–H and O–H groups in total. The van der Waals surface area contributed by atoms with E-state index in [4.69, 9.17) is 11.6 Å². The summed E-state index contributed by atoms with van der Waals surface area (Å²) in [7, 11) is 0. The van der Waals surface area contributed by atoms with Gasteiger partial charge in [-0.3, -0.25) is 9.89 Å². The Morgan fingerprint density at radius 2 is 2.19 bits per heavy atom. The number of carbonyl (C=O) groups is 1. The number of nitrogens with zero attached hydrogens (tertiary/aromatic N) is 3. The van der Waals surface area contributed by atoms with Crippen molar-refractivity contribution in [2.45, 2.75) is 40.0 Å². The van der Waals surface area contributed by atoms with Gasteiger partial charge in [-0.15, -0.1) is 0 Å². The lowest BCUT2D eigenvalue weighted by atomic mass is 10.2. The topological polar surface area (TPSA) is 83.6 Å². The van der Waals surface area contributed by atoms with E-state index in [9.17, 15) is 4.79 Å². The van der Waals surface area contributed by atoms with Gasteiger partial charge in [-0.05, 0) is 13.3 Å². The van der Waals surface area contributed by atoms with Gasteiger partial charge in [0.15, 0.2) is 11.5 Å². The predicted octanol–water partition coefficient (Wildman–Crippen LogP) is 3.10. The number of hydrogen-bond acceptors (Lipinski definition) is 4. The van der Waals surface area contributed by atoms with E-state index in [1.165, 1.54) is 6.20 Å². The molecular weight excluding hydrogens is 290 g/mol. The van der Waals surface area contributed by atoms with E-state index in [1.54, 1.807) is 0 Å². The van der Waals surface area contributed by atoms with Crippen molar-refractivity contribution in [1.29, 1.82) is 0 Å². The van der Waals surface area contributed by atoms with E-state index < -0.39 is 0 Å². The number of aromatic amines is 1. The Kier molecular flexibility index (Phi) is 4.57. The number of aromatic nitrogens is 4. The molecule has 0 fully saturated rings. The molecule has 7 heteroatoms. The average Bonchev–Trinajstić information content (AvgIpc) is 2.79. The highest BCUT2D eigenvalue weighted by atomic mass is 35.5. The minimum Gasteiger partial charge on any atom is -0.303 e. The molecule has 2 aromatic heterocycles. The smallest absolute Gasteiger partial charge is 0.277 e. The summed E-state index contributed by atoms with van der Waals surface area (Å²) in [5, 5.41) is 9.95. The zero-order chi connectivity index (χ0) is 15.6. The van der Waals surface area contributed by atoms with Crippen LogP contribution < -0.4 is 5.32 Å². The molecular formula is C14H18ClN5O. The molecule has 1 amide bonds. The van der Waals surface area contributed by atoms with Crippen molar-refractivity contribution >= 4 is 23.3 Å². The molecule has 0 aromatic carbocycles. The number of H-pyrrole nitrogens is 1. The van der Waals surface area contributed by atoms with Gasteiger partial charge in [0, 0.05) is 17.2 Å². The molecule has 0 saturated heterocycles. The average molecular weight is 308 g/mol. The number of aryl methyl sites for hydroxylation is 1. The van der Waals surface area contributed by atoms with Crippen molar-refractivity contribution < 1.29 is 4.79 Å². The third-order valence-corrected chi connectivity index (χ3v) is 3.47. The molecule has 0 saturated carbocycles. The lowest BCUT2D eigenvalue weighted by Crippen LogP contribution is -2.17. The summed E-state index contributed by atoms with van der Waals surface area (Å²) in [6.45, 7) is 7.83. The Bertz CT molecular complexity index is 665. The highest BCUT2D eigenvalue weighted by Crippen LogP contribution is 2.20. The van der Waals surface area contributed by atoms with Gasteiger partial charge >= 0.3 is 0 Å². The van der Waals surface area contributed by atoms with Crippen LogP contribution in [-0.4, -0.2) is 26.1 Å². The number of hydrogen-bond donors (Lipinski definition) is 2. The van der Waals surface area contributed by atoms with Crippen LogP contribution in [0.3, 0.4) is 0 Å². The van der Waals surface area contributed by atoms with Gasteiger partial charge in [0.05, 0.1) is 11.2 Å². The summed E-state index contributed by atoms with van der Waals surface area (Å²) in [5.41, 5.74) is 2.07. The fourth-order valence-electron chi connectivity index (χ4n) is 1.88. The second kappa shape index (κ2) is 6.22. The molecule has 21 heavy (non-hydrogen) atoms. The molecule has 6 nitrogen and oxygen atoms in total. The second-order valence-corrected chi connectivity index (χ2v) is 5.47. The zero-order valence-corrected chi connectivity index (χ0v) is 13.2. The van der Waals surface area contributed by atoms with Gasteiger partial charge in [0.2, 0.25) is 0 Å². The van der Waals surface area contributed by atoms with Crippen LogP contribution in [0.1, 0.15) is 54.3 Å². The fourth-order valence-corrected chi connectivity index (χ4v) is 2.06. The molecule has 0 radical (unpaired) electrons. The van der Waals surface area contributed by atoms with Crippen LogP contribution in [0.5, 0.6) is 0 Å². The molecule has 0 atom stereocenters. The van der Waals surface area contributed by atoms with Crippen molar-refractivity contribution in [3.8, 4) is 0 Å². The second-order valence-electron chi connectivity index (χ2n) is 5.06. The van der Waals surface area contributed by atoms with E-state index in [2.05, 4.69) is 25.5 Å². The molecule has 2 rings (SSSR count). The molecule has 0 aliphatic carbocycles. The van der Waals surface area contributed by atoms with Crippen LogP contribution in [0, 0.1) is 6.92 Å². The standard InChI is InChI=1S/C14H18ClN5O/c1-5-10-8(4)13(20-19-10)18-14(21)11-9(15)6-16-12(17-11)7(2)3/h6-7H,5H2,1-4H3,(H2,18,19,20,21). The van der Waals surface area contributed by atoms with Gasteiger partial charge in [-0.1, -0.05) is 32.4 Å². The maximum atomic E-state index is 12.3. The lowest BCUT2D eigenvalue weighted by molar-refractivity contribution is 0.102. The number of amides is 1. The van der Waals surface area contributed by atoms with Crippen molar-refractivity contribution in [3.05, 3.63) is 34.0 Å².